The summed E-state index contributed by atoms with van der Waals surface area (Å²) in [5.74, 6) is 1.07. The Bertz CT molecular complexity index is 1070. The number of pyridine rings is 2. The quantitative estimate of drug-likeness (QED) is 0.718. The Morgan fingerprint density at radius 3 is 2.90 bits per heavy atom. The lowest BCUT2D eigenvalue weighted by atomic mass is 10.1. The van der Waals surface area contributed by atoms with E-state index in [9.17, 15) is 9.59 Å². The minimum Gasteiger partial charge on any atom is -0.368 e. The van der Waals surface area contributed by atoms with Crippen molar-refractivity contribution in [2.45, 2.75) is 6.10 Å². The lowest BCUT2D eigenvalue weighted by molar-refractivity contribution is -0.0246. The number of anilines is 2. The predicted octanol–water partition coefficient (Wildman–Crippen LogP) is 1.53. The molecule has 1 amide bonds. The Morgan fingerprint density at radius 2 is 2.10 bits per heavy atom. The second-order valence-electron chi connectivity index (χ2n) is 6.64. The third kappa shape index (κ3) is 4.30. The molecular formula is C20H20N6O3. The molecule has 3 aromatic heterocycles. The van der Waals surface area contributed by atoms with Crippen molar-refractivity contribution >= 4 is 17.5 Å². The van der Waals surface area contributed by atoms with Gasteiger partial charge in [0.1, 0.15) is 17.7 Å². The number of hydrogen-bond acceptors (Lipinski definition) is 7. The number of aryl methyl sites for hydroxylation is 1. The van der Waals surface area contributed by atoms with Crippen molar-refractivity contribution in [2.24, 2.45) is 7.05 Å². The van der Waals surface area contributed by atoms with Crippen LogP contribution in [0.25, 0.3) is 0 Å². The van der Waals surface area contributed by atoms with Gasteiger partial charge in [0.25, 0.3) is 5.91 Å². The highest BCUT2D eigenvalue weighted by atomic mass is 16.5. The van der Waals surface area contributed by atoms with Crippen LogP contribution < -0.4 is 10.9 Å². The number of rotatable bonds is 4. The normalized spacial score (nSPS) is 16.4. The van der Waals surface area contributed by atoms with E-state index in [4.69, 9.17) is 4.74 Å². The molecule has 9 nitrogen and oxygen atoms in total. The summed E-state index contributed by atoms with van der Waals surface area (Å²) in [5, 5.41) is 3.10. The largest absolute Gasteiger partial charge is 0.368 e. The highest BCUT2D eigenvalue weighted by Gasteiger charge is 2.27. The summed E-state index contributed by atoms with van der Waals surface area (Å²) in [6, 6.07) is 8.52. The molecule has 29 heavy (non-hydrogen) atoms. The van der Waals surface area contributed by atoms with Gasteiger partial charge in [-0.25, -0.2) is 9.97 Å². The molecule has 148 valence electrons. The second-order valence-corrected chi connectivity index (χ2v) is 6.64. The minimum absolute atomic E-state index is 0.136. The summed E-state index contributed by atoms with van der Waals surface area (Å²) in [7, 11) is 1.63. The zero-order valence-electron chi connectivity index (χ0n) is 15.9. The summed E-state index contributed by atoms with van der Waals surface area (Å²) < 4.78 is 7.26. The molecule has 1 atom stereocenters. The molecule has 1 N–H and O–H groups in total. The van der Waals surface area contributed by atoms with Gasteiger partial charge in [-0.1, -0.05) is 6.07 Å². The Morgan fingerprint density at radius 1 is 1.21 bits per heavy atom. The summed E-state index contributed by atoms with van der Waals surface area (Å²) in [6.07, 6.45) is 6.02. The fraction of sp³-hybridized carbons (Fsp3) is 0.250. The molecule has 0 spiro atoms. The van der Waals surface area contributed by atoms with E-state index in [0.29, 0.717) is 36.9 Å². The van der Waals surface area contributed by atoms with Crippen LogP contribution in [0.3, 0.4) is 0 Å². The first-order valence-electron chi connectivity index (χ1n) is 9.18. The average Bonchev–Trinajstić information content (AvgIpc) is 2.76. The van der Waals surface area contributed by atoms with Gasteiger partial charge in [0.05, 0.1) is 30.6 Å². The van der Waals surface area contributed by atoms with Gasteiger partial charge in [-0.15, -0.1) is 0 Å². The van der Waals surface area contributed by atoms with Crippen molar-refractivity contribution in [1.82, 2.24) is 24.4 Å². The summed E-state index contributed by atoms with van der Waals surface area (Å²) >= 11 is 0. The van der Waals surface area contributed by atoms with Crippen LogP contribution in [-0.2, 0) is 11.8 Å². The lowest BCUT2D eigenvalue weighted by Crippen LogP contribution is -2.42. The van der Waals surface area contributed by atoms with Crippen molar-refractivity contribution in [1.29, 1.82) is 0 Å². The Labute approximate surface area is 167 Å². The van der Waals surface area contributed by atoms with E-state index in [-0.39, 0.29) is 17.6 Å². The predicted molar refractivity (Wildman–Crippen MR) is 106 cm³/mol. The molecule has 0 bridgehead atoms. The van der Waals surface area contributed by atoms with Crippen molar-refractivity contribution in [3.63, 3.8) is 0 Å². The molecule has 0 aliphatic carbocycles. The third-order valence-electron chi connectivity index (χ3n) is 4.61. The average molecular weight is 392 g/mol. The SMILES string of the molecule is Cn1cc(C(=O)N2CCOC(c3cccc(Nc4cnccn4)n3)C2)ccc1=O. The van der Waals surface area contributed by atoms with Gasteiger partial charge in [0.15, 0.2) is 0 Å². The van der Waals surface area contributed by atoms with E-state index >= 15 is 0 Å². The number of amides is 1. The van der Waals surface area contributed by atoms with E-state index in [1.165, 1.54) is 10.6 Å². The van der Waals surface area contributed by atoms with E-state index in [2.05, 4.69) is 20.3 Å². The summed E-state index contributed by atoms with van der Waals surface area (Å²) in [6.45, 7) is 1.27. The summed E-state index contributed by atoms with van der Waals surface area (Å²) in [4.78, 5) is 38.9. The van der Waals surface area contributed by atoms with Gasteiger partial charge in [-0.3, -0.25) is 14.6 Å². The van der Waals surface area contributed by atoms with Gasteiger partial charge < -0.3 is 19.5 Å². The maximum Gasteiger partial charge on any atom is 0.255 e. The number of nitrogens with one attached hydrogen (secondary N) is 1. The topological polar surface area (TPSA) is 102 Å². The first kappa shape index (κ1) is 18.8. The highest BCUT2D eigenvalue weighted by molar-refractivity contribution is 5.94. The van der Waals surface area contributed by atoms with Crippen molar-refractivity contribution < 1.29 is 9.53 Å². The smallest absolute Gasteiger partial charge is 0.255 e. The van der Waals surface area contributed by atoms with Gasteiger partial charge in [0, 0.05) is 38.2 Å². The van der Waals surface area contributed by atoms with Crippen LogP contribution in [0.2, 0.25) is 0 Å². The number of morpholine rings is 1. The van der Waals surface area contributed by atoms with E-state index < -0.39 is 0 Å². The van der Waals surface area contributed by atoms with E-state index in [1.54, 1.807) is 42.8 Å². The van der Waals surface area contributed by atoms with Crippen LogP contribution in [0.15, 0.2) is 59.9 Å². The second kappa shape index (κ2) is 8.19. The fourth-order valence-corrected chi connectivity index (χ4v) is 3.11. The molecule has 0 aromatic carbocycles. The molecule has 1 saturated heterocycles. The van der Waals surface area contributed by atoms with E-state index in [0.717, 1.165) is 5.69 Å². The monoisotopic (exact) mass is 392 g/mol. The number of hydrogen-bond donors (Lipinski definition) is 1. The van der Waals surface area contributed by atoms with Crippen LogP contribution in [-0.4, -0.2) is 50.0 Å². The molecule has 4 rings (SSSR count). The first-order valence-corrected chi connectivity index (χ1v) is 9.18. The fourth-order valence-electron chi connectivity index (χ4n) is 3.11. The van der Waals surface area contributed by atoms with Crippen LogP contribution in [0.1, 0.15) is 22.2 Å². The molecule has 0 radical (unpaired) electrons. The van der Waals surface area contributed by atoms with Crippen molar-refractivity contribution in [3.05, 3.63) is 76.7 Å². The first-order chi connectivity index (χ1) is 14.1. The maximum atomic E-state index is 12.9. The zero-order chi connectivity index (χ0) is 20.2. The Balaban J connectivity index is 1.49. The van der Waals surface area contributed by atoms with Crippen molar-refractivity contribution in [2.75, 3.05) is 25.0 Å². The molecular weight excluding hydrogens is 372 g/mol. The van der Waals surface area contributed by atoms with Gasteiger partial charge >= 0.3 is 0 Å². The number of carbonyl (C=O) groups excluding carboxylic acids is 1. The minimum atomic E-state index is -0.344. The molecule has 4 heterocycles. The maximum absolute atomic E-state index is 12.9. The molecule has 9 heteroatoms. The van der Waals surface area contributed by atoms with Gasteiger partial charge in [-0.05, 0) is 18.2 Å². The molecule has 1 unspecified atom stereocenters. The molecule has 1 aliphatic heterocycles. The van der Waals surface area contributed by atoms with E-state index in [1.807, 2.05) is 18.2 Å². The van der Waals surface area contributed by atoms with Crippen LogP contribution >= 0.6 is 0 Å². The van der Waals surface area contributed by atoms with Crippen LogP contribution in [0.5, 0.6) is 0 Å². The number of aromatic nitrogens is 4. The highest BCUT2D eigenvalue weighted by Crippen LogP contribution is 2.23. The number of carbonyl (C=O) groups is 1. The third-order valence-corrected chi connectivity index (χ3v) is 4.61. The molecule has 1 aliphatic rings. The Kier molecular flexibility index (Phi) is 5.30. The lowest BCUT2D eigenvalue weighted by Gasteiger charge is -2.33. The molecule has 0 saturated carbocycles. The Hall–Kier alpha value is -3.59. The molecule has 1 fully saturated rings. The number of nitrogens with zero attached hydrogens (tertiary/aromatic N) is 5. The summed E-state index contributed by atoms with van der Waals surface area (Å²) in [5.41, 5.74) is 1.04. The number of ether oxygens (including phenoxy) is 1. The zero-order valence-corrected chi connectivity index (χ0v) is 15.9. The molecule has 3 aromatic rings. The van der Waals surface area contributed by atoms with Gasteiger partial charge in [0.2, 0.25) is 5.56 Å². The standard InChI is InChI=1S/C20H20N6O3/c1-25-12-14(5-6-19(25)27)20(28)26-9-10-29-16(13-26)15-3-2-4-17(23-15)24-18-11-21-7-8-22-18/h2-8,11-12,16H,9-10,13H2,1H3,(H,22,23,24). The van der Waals surface area contributed by atoms with Crippen molar-refractivity contribution in [3.8, 4) is 0 Å². The van der Waals surface area contributed by atoms with Crippen LogP contribution in [0, 0.1) is 0 Å². The van der Waals surface area contributed by atoms with Crippen LogP contribution in [0.4, 0.5) is 11.6 Å². The van der Waals surface area contributed by atoms with Gasteiger partial charge in [-0.2, -0.15) is 0 Å².